The van der Waals surface area contributed by atoms with Crippen molar-refractivity contribution in [2.45, 2.75) is 26.9 Å². The van der Waals surface area contributed by atoms with E-state index in [2.05, 4.69) is 5.32 Å². The van der Waals surface area contributed by atoms with Gasteiger partial charge in [-0.25, -0.2) is 9.69 Å². The van der Waals surface area contributed by atoms with E-state index >= 15 is 0 Å². The molecule has 190 valence electrons. The second kappa shape index (κ2) is 9.74. The Kier molecular flexibility index (Phi) is 6.84. The van der Waals surface area contributed by atoms with E-state index in [0.717, 1.165) is 28.8 Å². The fourth-order valence-electron chi connectivity index (χ4n) is 3.77. The lowest BCUT2D eigenvalue weighted by Crippen LogP contribution is -2.32. The van der Waals surface area contributed by atoms with Gasteiger partial charge < -0.3 is 10.1 Å². The number of amides is 2. The molecule has 2 amide bonds. The Hall–Kier alpha value is -4.11. The molecule has 1 heterocycles. The van der Waals surface area contributed by atoms with E-state index in [0.29, 0.717) is 22.4 Å². The molecule has 3 aromatic carbocycles. The van der Waals surface area contributed by atoms with Gasteiger partial charge in [-0.2, -0.15) is 13.2 Å². The van der Waals surface area contributed by atoms with Crippen molar-refractivity contribution in [1.29, 1.82) is 0 Å². The summed E-state index contributed by atoms with van der Waals surface area (Å²) in [7, 11) is 0. The molecule has 0 radical (unpaired) electrons. The fourth-order valence-corrected chi connectivity index (χ4v) is 3.98. The molecule has 10 heteroatoms. The molecule has 3 aromatic rings. The molecule has 0 saturated heterocycles. The van der Waals surface area contributed by atoms with Crippen molar-refractivity contribution >= 4 is 40.8 Å². The zero-order valence-corrected chi connectivity index (χ0v) is 20.6. The van der Waals surface area contributed by atoms with Crippen LogP contribution in [0.3, 0.4) is 0 Å². The Morgan fingerprint density at radius 3 is 2.27 bits per heavy atom. The molecule has 37 heavy (non-hydrogen) atoms. The van der Waals surface area contributed by atoms with Gasteiger partial charge in [0.1, 0.15) is 16.5 Å². The summed E-state index contributed by atoms with van der Waals surface area (Å²) in [6.45, 7) is 5.67. The third-order valence-corrected chi connectivity index (χ3v) is 6.17. The number of benzene rings is 3. The van der Waals surface area contributed by atoms with Crippen LogP contribution in [0.25, 0.3) is 0 Å². The SMILES string of the molecule is Cc1cc(C)c(C)c(OC(=O)c2ccc(NC3=C(Cl)C(=O)N(c4cccc(C(F)(F)F)c4)C3=O)cc2)c1. The highest BCUT2D eigenvalue weighted by molar-refractivity contribution is 6.53. The summed E-state index contributed by atoms with van der Waals surface area (Å²) in [6.07, 6.45) is -4.65. The normalized spacial score (nSPS) is 13.9. The zero-order chi connectivity index (χ0) is 27.1. The predicted octanol–water partition coefficient (Wildman–Crippen LogP) is 6.29. The topological polar surface area (TPSA) is 75.7 Å². The quantitative estimate of drug-likeness (QED) is 0.239. The van der Waals surface area contributed by atoms with Crippen molar-refractivity contribution in [3.8, 4) is 5.75 Å². The number of esters is 1. The van der Waals surface area contributed by atoms with Crippen LogP contribution in [0.4, 0.5) is 24.5 Å². The van der Waals surface area contributed by atoms with Crippen LogP contribution in [-0.4, -0.2) is 17.8 Å². The van der Waals surface area contributed by atoms with Gasteiger partial charge in [-0.05, 0) is 86.0 Å². The summed E-state index contributed by atoms with van der Waals surface area (Å²) < 4.78 is 44.8. The first-order chi connectivity index (χ1) is 17.4. The van der Waals surface area contributed by atoms with Crippen LogP contribution < -0.4 is 15.0 Å². The molecule has 1 aliphatic rings. The maximum Gasteiger partial charge on any atom is 0.416 e. The number of hydrogen-bond donors (Lipinski definition) is 1. The first kappa shape index (κ1) is 26.0. The Bertz CT molecular complexity index is 1460. The number of hydrogen-bond acceptors (Lipinski definition) is 5. The molecule has 0 atom stereocenters. The lowest BCUT2D eigenvalue weighted by molar-refractivity contribution is -0.137. The van der Waals surface area contributed by atoms with Crippen LogP contribution in [0.15, 0.2) is 71.4 Å². The Morgan fingerprint density at radius 2 is 1.62 bits per heavy atom. The van der Waals surface area contributed by atoms with Crippen molar-refractivity contribution in [1.82, 2.24) is 0 Å². The molecule has 0 fully saturated rings. The van der Waals surface area contributed by atoms with Crippen LogP contribution in [0.1, 0.15) is 32.6 Å². The molecule has 1 N–H and O–H groups in total. The molecule has 0 aromatic heterocycles. The summed E-state index contributed by atoms with van der Waals surface area (Å²) in [4.78, 5) is 38.7. The van der Waals surface area contributed by atoms with Crippen molar-refractivity contribution < 1.29 is 32.3 Å². The highest BCUT2D eigenvalue weighted by Crippen LogP contribution is 2.35. The van der Waals surface area contributed by atoms with Crippen LogP contribution >= 0.6 is 11.6 Å². The summed E-state index contributed by atoms with van der Waals surface area (Å²) in [6, 6.07) is 13.5. The predicted molar refractivity (Wildman–Crippen MR) is 132 cm³/mol. The van der Waals surface area contributed by atoms with Crippen LogP contribution in [0, 0.1) is 20.8 Å². The Balaban J connectivity index is 1.51. The first-order valence-electron chi connectivity index (χ1n) is 11.0. The molecule has 0 bridgehead atoms. The van der Waals surface area contributed by atoms with E-state index in [-0.39, 0.29) is 16.9 Å². The van der Waals surface area contributed by atoms with Crippen molar-refractivity contribution in [3.63, 3.8) is 0 Å². The van der Waals surface area contributed by atoms with Crippen molar-refractivity contribution in [2.24, 2.45) is 0 Å². The number of nitrogens with zero attached hydrogens (tertiary/aromatic N) is 1. The lowest BCUT2D eigenvalue weighted by atomic mass is 10.1. The van der Waals surface area contributed by atoms with Gasteiger partial charge in [-0.3, -0.25) is 9.59 Å². The Labute approximate surface area is 215 Å². The van der Waals surface area contributed by atoms with Crippen molar-refractivity contribution in [3.05, 3.63) is 99.2 Å². The molecular weight excluding hydrogens is 509 g/mol. The summed E-state index contributed by atoms with van der Waals surface area (Å²) in [5.74, 6) is -2.01. The van der Waals surface area contributed by atoms with Gasteiger partial charge in [-0.15, -0.1) is 0 Å². The number of carbonyl (C=O) groups excluding carboxylic acids is 3. The summed E-state index contributed by atoms with van der Waals surface area (Å²) >= 11 is 6.07. The lowest BCUT2D eigenvalue weighted by Gasteiger charge is -2.17. The number of anilines is 2. The first-order valence-corrected chi connectivity index (χ1v) is 11.4. The molecule has 0 aliphatic carbocycles. The minimum Gasteiger partial charge on any atom is -0.423 e. The van der Waals surface area contributed by atoms with Gasteiger partial charge in [0.15, 0.2) is 0 Å². The van der Waals surface area contributed by atoms with Crippen molar-refractivity contribution in [2.75, 3.05) is 10.2 Å². The number of rotatable bonds is 5. The number of nitrogens with one attached hydrogen (secondary N) is 1. The van der Waals surface area contributed by atoms with Gasteiger partial charge in [0.2, 0.25) is 0 Å². The summed E-state index contributed by atoms with van der Waals surface area (Å²) in [5, 5.41) is 2.24. The van der Waals surface area contributed by atoms with E-state index in [1.54, 1.807) is 6.07 Å². The maximum absolute atomic E-state index is 13.1. The monoisotopic (exact) mass is 528 g/mol. The van der Waals surface area contributed by atoms with Gasteiger partial charge in [-0.1, -0.05) is 23.7 Å². The minimum atomic E-state index is -4.65. The third kappa shape index (κ3) is 5.22. The van der Waals surface area contributed by atoms with Gasteiger partial charge >= 0.3 is 12.1 Å². The molecule has 6 nitrogen and oxygen atoms in total. The number of ether oxygens (including phenoxy) is 1. The molecule has 4 rings (SSSR count). The zero-order valence-electron chi connectivity index (χ0n) is 19.9. The Morgan fingerprint density at radius 1 is 0.946 bits per heavy atom. The van der Waals surface area contributed by atoms with Gasteiger partial charge in [0.25, 0.3) is 11.8 Å². The fraction of sp³-hybridized carbons (Fsp3) is 0.148. The highest BCUT2D eigenvalue weighted by atomic mass is 35.5. The minimum absolute atomic E-state index is 0.239. The number of alkyl halides is 3. The average molecular weight is 529 g/mol. The second-order valence-corrected chi connectivity index (χ2v) is 8.86. The highest BCUT2D eigenvalue weighted by Gasteiger charge is 2.40. The van der Waals surface area contributed by atoms with Crippen LogP contribution in [-0.2, 0) is 15.8 Å². The van der Waals surface area contributed by atoms with Gasteiger partial charge in [0, 0.05) is 5.69 Å². The third-order valence-electron chi connectivity index (χ3n) is 5.82. The van der Waals surface area contributed by atoms with E-state index in [4.69, 9.17) is 16.3 Å². The number of halogens is 4. The van der Waals surface area contributed by atoms with E-state index in [1.165, 1.54) is 30.3 Å². The molecular formula is C27H20ClF3N2O4. The van der Waals surface area contributed by atoms with E-state index in [1.807, 2.05) is 26.8 Å². The van der Waals surface area contributed by atoms with E-state index < -0.39 is 34.6 Å². The molecule has 1 aliphatic heterocycles. The standard InChI is InChI=1S/C27H20ClF3N2O4/c1-14-11-15(2)16(3)21(12-14)37-26(36)17-7-9-19(10-8-17)32-23-22(28)24(34)33(25(23)35)20-6-4-5-18(13-20)27(29,30)31/h4-13,32H,1-3H3. The van der Waals surface area contributed by atoms with E-state index in [9.17, 15) is 27.6 Å². The maximum atomic E-state index is 13.1. The van der Waals surface area contributed by atoms with Crippen LogP contribution in [0.5, 0.6) is 5.75 Å². The molecule has 0 unspecified atom stereocenters. The average Bonchev–Trinajstić information content (AvgIpc) is 3.05. The number of aryl methyl sites for hydroxylation is 2. The largest absolute Gasteiger partial charge is 0.423 e. The number of imide groups is 1. The smallest absolute Gasteiger partial charge is 0.416 e. The molecule has 0 saturated carbocycles. The summed E-state index contributed by atoms with van der Waals surface area (Å²) in [5.41, 5.74) is 1.76. The second-order valence-electron chi connectivity index (χ2n) is 8.48. The van der Waals surface area contributed by atoms with Crippen LogP contribution in [0.2, 0.25) is 0 Å². The number of carbonyl (C=O) groups is 3. The molecule has 0 spiro atoms. The van der Waals surface area contributed by atoms with Gasteiger partial charge in [0.05, 0.1) is 16.8 Å².